The van der Waals surface area contributed by atoms with Gasteiger partial charge in [-0.3, -0.25) is 9.59 Å². The lowest BCUT2D eigenvalue weighted by atomic mass is 9.69. The second-order valence-electron chi connectivity index (χ2n) is 10.5. The summed E-state index contributed by atoms with van der Waals surface area (Å²) in [4.78, 5) is 28.0. The minimum Gasteiger partial charge on any atom is -0.481 e. The lowest BCUT2D eigenvalue weighted by molar-refractivity contribution is -0.152. The van der Waals surface area contributed by atoms with Crippen LogP contribution in [0.1, 0.15) is 69.8 Å². The molecule has 0 unspecified atom stereocenters. The molecule has 1 aromatic rings. The van der Waals surface area contributed by atoms with Gasteiger partial charge in [-0.25, -0.2) is 0 Å². The summed E-state index contributed by atoms with van der Waals surface area (Å²) < 4.78 is 6.33. The van der Waals surface area contributed by atoms with Crippen molar-refractivity contribution in [2.75, 3.05) is 0 Å². The van der Waals surface area contributed by atoms with Gasteiger partial charge in [-0.1, -0.05) is 50.6 Å². The molecule has 5 heteroatoms. The van der Waals surface area contributed by atoms with E-state index in [-0.39, 0.29) is 29.8 Å². The molecular weight excluding hydrogens is 426 g/mol. The van der Waals surface area contributed by atoms with Crippen molar-refractivity contribution >= 4 is 11.8 Å². The van der Waals surface area contributed by atoms with Gasteiger partial charge in [-0.2, -0.15) is 0 Å². The summed E-state index contributed by atoms with van der Waals surface area (Å²) in [6.07, 6.45) is 18.6. The highest BCUT2D eigenvalue weighted by atomic mass is 16.5. The summed E-state index contributed by atoms with van der Waals surface area (Å²) in [7, 11) is 0. The second kappa shape index (κ2) is 10.9. The minimum absolute atomic E-state index is 0.0310. The quantitative estimate of drug-likeness (QED) is 0.272. The van der Waals surface area contributed by atoms with Crippen molar-refractivity contribution < 1.29 is 19.4 Å². The lowest BCUT2D eigenvalue weighted by Crippen LogP contribution is -2.40. The number of hydrogen-bond acceptors (Lipinski definition) is 3. The van der Waals surface area contributed by atoms with Gasteiger partial charge in [-0.05, 0) is 74.5 Å². The maximum atomic E-state index is 13.4. The molecule has 2 aliphatic carbocycles. The zero-order valence-electron chi connectivity index (χ0n) is 20.7. The molecule has 2 fully saturated rings. The van der Waals surface area contributed by atoms with Crippen LogP contribution in [0.4, 0.5) is 0 Å². The Morgan fingerprint density at radius 2 is 2.06 bits per heavy atom. The van der Waals surface area contributed by atoms with Gasteiger partial charge in [0.05, 0.1) is 23.8 Å². The highest BCUT2D eigenvalue weighted by Gasteiger charge is 2.42. The van der Waals surface area contributed by atoms with E-state index >= 15 is 0 Å². The predicted molar refractivity (Wildman–Crippen MR) is 133 cm³/mol. The van der Waals surface area contributed by atoms with Gasteiger partial charge >= 0.3 is 5.97 Å². The Bertz CT molecular complexity index is 943. The van der Waals surface area contributed by atoms with Gasteiger partial charge in [0.25, 0.3) is 0 Å². The Morgan fingerprint density at radius 1 is 1.24 bits per heavy atom. The molecule has 3 aliphatic rings. The number of aromatic nitrogens is 1. The van der Waals surface area contributed by atoms with E-state index in [1.54, 1.807) is 6.92 Å². The average Bonchev–Trinajstić information content (AvgIpc) is 3.53. The number of rotatable bonds is 8. The van der Waals surface area contributed by atoms with E-state index in [4.69, 9.17) is 4.74 Å². The van der Waals surface area contributed by atoms with Crippen molar-refractivity contribution in [2.24, 2.45) is 35.5 Å². The first-order valence-electron chi connectivity index (χ1n) is 13.0. The Balaban J connectivity index is 1.53. The number of carboxylic acids is 1. The number of carbonyl (C=O) groups is 2. The summed E-state index contributed by atoms with van der Waals surface area (Å²) in [5.74, 6) is 0.237. The summed E-state index contributed by atoms with van der Waals surface area (Å²) in [6.45, 7) is 6.05. The van der Waals surface area contributed by atoms with Gasteiger partial charge in [-0.15, -0.1) is 0 Å². The van der Waals surface area contributed by atoms with Crippen LogP contribution >= 0.6 is 0 Å². The maximum Gasteiger partial charge on any atom is 0.308 e. The van der Waals surface area contributed by atoms with Crippen LogP contribution in [-0.4, -0.2) is 34.1 Å². The fourth-order valence-corrected chi connectivity index (χ4v) is 6.26. The Kier molecular flexibility index (Phi) is 7.92. The third kappa shape index (κ3) is 5.14. The summed E-state index contributed by atoms with van der Waals surface area (Å²) in [5.41, 5.74) is 1.90. The molecule has 1 saturated heterocycles. The minimum atomic E-state index is -0.799. The highest BCUT2D eigenvalue weighted by Crippen LogP contribution is 2.46. The molecule has 34 heavy (non-hydrogen) atoms. The molecule has 2 heterocycles. The topological polar surface area (TPSA) is 79.4 Å². The van der Waals surface area contributed by atoms with Crippen LogP contribution in [0, 0.1) is 35.5 Å². The van der Waals surface area contributed by atoms with Crippen LogP contribution in [-0.2, 0) is 9.53 Å². The van der Waals surface area contributed by atoms with Crippen molar-refractivity contribution in [2.45, 2.75) is 71.5 Å². The zero-order valence-corrected chi connectivity index (χ0v) is 20.7. The molecule has 184 valence electrons. The van der Waals surface area contributed by atoms with Gasteiger partial charge < -0.3 is 14.8 Å². The Morgan fingerprint density at radius 3 is 2.76 bits per heavy atom. The number of aliphatic carboxylic acids is 1. The molecule has 0 bridgehead atoms. The number of aromatic amines is 1. The first-order valence-corrected chi connectivity index (χ1v) is 13.0. The second-order valence-corrected chi connectivity index (χ2v) is 10.5. The summed E-state index contributed by atoms with van der Waals surface area (Å²) in [5, 5.41) is 9.43. The van der Waals surface area contributed by atoms with Crippen LogP contribution < -0.4 is 0 Å². The van der Waals surface area contributed by atoms with Crippen LogP contribution in [0.5, 0.6) is 0 Å². The molecule has 4 rings (SSSR count). The number of Topliss-reactive ketones (excluding diaryl/α,β-unsaturated/α-hetero) is 1. The van der Waals surface area contributed by atoms with Crippen LogP contribution in [0.2, 0.25) is 0 Å². The highest BCUT2D eigenvalue weighted by molar-refractivity contribution is 5.97. The van der Waals surface area contributed by atoms with E-state index in [1.807, 2.05) is 18.3 Å². The third-order valence-corrected chi connectivity index (χ3v) is 8.36. The lowest BCUT2D eigenvalue weighted by Gasteiger charge is -2.37. The van der Waals surface area contributed by atoms with Crippen LogP contribution in [0.3, 0.4) is 0 Å². The molecule has 0 spiro atoms. The predicted octanol–water partition coefficient (Wildman–Crippen LogP) is 6.21. The molecule has 8 atom stereocenters. The van der Waals surface area contributed by atoms with E-state index in [9.17, 15) is 14.7 Å². The number of nitrogens with one attached hydrogen (secondary N) is 1. The summed E-state index contributed by atoms with van der Waals surface area (Å²) >= 11 is 0. The smallest absolute Gasteiger partial charge is 0.308 e. The van der Waals surface area contributed by atoms with Crippen molar-refractivity contribution in [1.82, 2.24) is 4.98 Å². The van der Waals surface area contributed by atoms with Crippen molar-refractivity contribution in [3.8, 4) is 0 Å². The van der Waals surface area contributed by atoms with Crippen molar-refractivity contribution in [1.29, 1.82) is 0 Å². The fraction of sp³-hybridized carbons (Fsp3) is 0.586. The van der Waals surface area contributed by atoms with E-state index in [2.05, 4.69) is 49.2 Å². The number of carboxylic acid groups (broad SMARTS) is 1. The number of carbonyl (C=O) groups excluding carboxylic acids is 1. The SMILES string of the molecule is CC/C(=C\C=C\[C@@H]1C=C[C@@H]2CCC[C@H]2[C@@H]1C(=O)c1ccc[nH]1)[C@@H]1O[C@@H]([C@@H](C)C(=O)O)CC[C@@H]1C. The molecule has 1 aromatic heterocycles. The number of ketones is 1. The maximum absolute atomic E-state index is 13.4. The van der Waals surface area contributed by atoms with Crippen LogP contribution in [0.15, 0.2) is 54.3 Å². The van der Waals surface area contributed by atoms with E-state index < -0.39 is 11.9 Å². The number of allylic oxidation sites excluding steroid dienone is 5. The zero-order chi connectivity index (χ0) is 24.2. The molecule has 2 N–H and O–H groups in total. The number of fused-ring (bicyclic) bond motifs is 1. The van der Waals surface area contributed by atoms with E-state index in [1.165, 1.54) is 18.4 Å². The van der Waals surface area contributed by atoms with Crippen molar-refractivity contribution in [3.05, 3.63) is 60.0 Å². The van der Waals surface area contributed by atoms with Crippen LogP contribution in [0.25, 0.3) is 0 Å². The van der Waals surface area contributed by atoms with Gasteiger partial charge in [0.1, 0.15) is 0 Å². The largest absolute Gasteiger partial charge is 0.481 e. The normalized spacial score (nSPS) is 34.8. The molecule has 1 aliphatic heterocycles. The fourth-order valence-electron chi connectivity index (χ4n) is 6.26. The number of H-pyrrole nitrogens is 1. The monoisotopic (exact) mass is 465 g/mol. The van der Waals surface area contributed by atoms with E-state index in [0.29, 0.717) is 23.4 Å². The summed E-state index contributed by atoms with van der Waals surface area (Å²) in [6, 6.07) is 3.78. The number of hydrogen-bond donors (Lipinski definition) is 2. The van der Waals surface area contributed by atoms with Gasteiger partial charge in [0, 0.05) is 18.0 Å². The molecule has 0 aromatic carbocycles. The number of ether oxygens (including phenoxy) is 1. The first-order chi connectivity index (χ1) is 16.4. The van der Waals surface area contributed by atoms with E-state index in [0.717, 1.165) is 25.7 Å². The first kappa shape index (κ1) is 24.7. The standard InChI is InChI=1S/C29H39NO4/c1-4-20(28-18(2)13-16-25(34-28)19(3)29(32)33)8-5-10-22-15-14-21-9-6-11-23(21)26(22)27(31)24-12-7-17-30-24/h5,7-8,10,12,14-15,17-19,21-23,25-26,28,30H,4,6,9,11,13,16H2,1-3H3,(H,32,33)/b10-5+,20-8+/t18-,19+,21-,22+,23+,25+,26+,28+/m0/s1. The third-order valence-electron chi connectivity index (χ3n) is 8.36. The molecule has 0 radical (unpaired) electrons. The molecule has 5 nitrogen and oxygen atoms in total. The Hall–Kier alpha value is -2.40. The van der Waals surface area contributed by atoms with Gasteiger partial charge in [0.2, 0.25) is 0 Å². The molecular formula is C29H39NO4. The average molecular weight is 466 g/mol. The molecule has 0 amide bonds. The Labute approximate surface area is 203 Å². The molecule has 1 saturated carbocycles. The van der Waals surface area contributed by atoms with Gasteiger partial charge in [0.15, 0.2) is 5.78 Å². The van der Waals surface area contributed by atoms with Crippen molar-refractivity contribution in [3.63, 3.8) is 0 Å².